The summed E-state index contributed by atoms with van der Waals surface area (Å²) in [4.78, 5) is 12.5. The van der Waals surface area contributed by atoms with E-state index in [-0.39, 0.29) is 22.9 Å². The van der Waals surface area contributed by atoms with Crippen molar-refractivity contribution in [1.29, 1.82) is 0 Å². The normalized spacial score (nSPS) is 12.1. The van der Waals surface area contributed by atoms with Gasteiger partial charge in [-0.1, -0.05) is 42.0 Å². The molecule has 1 aromatic rings. The molecular formula is C13H17BrN2O2S. The Morgan fingerprint density at radius 2 is 2.11 bits per heavy atom. The lowest BCUT2D eigenvalue weighted by Gasteiger charge is -2.21. The summed E-state index contributed by atoms with van der Waals surface area (Å²) >= 11 is 8.30. The third-order valence-electron chi connectivity index (χ3n) is 2.67. The van der Waals surface area contributed by atoms with Crippen LogP contribution in [-0.2, 0) is 0 Å². The molecule has 0 bridgehead atoms. The van der Waals surface area contributed by atoms with Gasteiger partial charge in [0.25, 0.3) is 5.91 Å². The Balaban J connectivity index is 2.97. The zero-order valence-electron chi connectivity index (χ0n) is 11.1. The minimum absolute atomic E-state index is 0.128. The van der Waals surface area contributed by atoms with Crippen molar-refractivity contribution in [1.82, 2.24) is 5.32 Å². The minimum atomic E-state index is -0.337. The molecule has 0 fully saturated rings. The summed E-state index contributed by atoms with van der Waals surface area (Å²) in [5, 5.41) is 2.83. The number of methoxy groups -OCH3 is 1. The van der Waals surface area contributed by atoms with E-state index in [1.165, 1.54) is 7.11 Å². The van der Waals surface area contributed by atoms with Crippen LogP contribution in [0.15, 0.2) is 22.7 Å². The smallest absolute Gasteiger partial charge is 0.255 e. The van der Waals surface area contributed by atoms with Gasteiger partial charge in [0.15, 0.2) is 0 Å². The first-order chi connectivity index (χ1) is 8.86. The number of thiocarbonyl (C=S) groups is 1. The average Bonchev–Trinajstić information content (AvgIpc) is 2.34. The third-order valence-corrected chi connectivity index (χ3v) is 3.42. The number of halogens is 1. The number of rotatable bonds is 5. The standard InChI is InChI=1S/C13H17BrN2O2S/c1-7(2)11(12(15)19)16-13(17)9-5-4-8(14)6-10(9)18-3/h4-7,11H,1-3H3,(H2,15,19)(H,16,17). The molecule has 6 heteroatoms. The largest absolute Gasteiger partial charge is 0.496 e. The van der Waals surface area contributed by atoms with Gasteiger partial charge in [-0.05, 0) is 24.1 Å². The Bertz CT molecular complexity index is 492. The highest BCUT2D eigenvalue weighted by atomic mass is 79.9. The molecule has 1 amide bonds. The molecule has 0 radical (unpaired) electrons. The van der Waals surface area contributed by atoms with Crippen molar-refractivity contribution in [3.05, 3.63) is 28.2 Å². The molecule has 0 heterocycles. The Hall–Kier alpha value is -1.14. The van der Waals surface area contributed by atoms with E-state index in [4.69, 9.17) is 22.7 Å². The van der Waals surface area contributed by atoms with Gasteiger partial charge in [-0.3, -0.25) is 4.79 Å². The first kappa shape index (κ1) is 15.9. The number of nitrogens with two attached hydrogens (primary N) is 1. The molecule has 104 valence electrons. The first-order valence-electron chi connectivity index (χ1n) is 5.80. The molecule has 1 aromatic carbocycles. The summed E-state index contributed by atoms with van der Waals surface area (Å²) in [6, 6.07) is 4.87. The average molecular weight is 345 g/mol. The van der Waals surface area contributed by atoms with Crippen molar-refractivity contribution >= 4 is 39.0 Å². The van der Waals surface area contributed by atoms with Crippen molar-refractivity contribution in [3.63, 3.8) is 0 Å². The van der Waals surface area contributed by atoms with Crippen molar-refractivity contribution < 1.29 is 9.53 Å². The molecule has 1 rings (SSSR count). The van der Waals surface area contributed by atoms with Gasteiger partial charge in [-0.15, -0.1) is 0 Å². The van der Waals surface area contributed by atoms with E-state index in [0.29, 0.717) is 11.3 Å². The fraction of sp³-hybridized carbons (Fsp3) is 0.385. The number of hydrogen-bond acceptors (Lipinski definition) is 3. The molecule has 1 atom stereocenters. The van der Waals surface area contributed by atoms with Crippen LogP contribution in [0.2, 0.25) is 0 Å². The van der Waals surface area contributed by atoms with E-state index in [2.05, 4.69) is 21.2 Å². The fourth-order valence-corrected chi connectivity index (χ4v) is 2.31. The third kappa shape index (κ3) is 4.18. The Morgan fingerprint density at radius 3 is 2.58 bits per heavy atom. The molecule has 3 N–H and O–H groups in total. The summed E-state index contributed by atoms with van der Waals surface area (Å²) in [5.74, 6) is 0.371. The maximum atomic E-state index is 12.2. The molecule has 0 aliphatic carbocycles. The van der Waals surface area contributed by atoms with Crippen LogP contribution in [0.5, 0.6) is 5.75 Å². The molecule has 4 nitrogen and oxygen atoms in total. The van der Waals surface area contributed by atoms with Gasteiger partial charge in [-0.25, -0.2) is 0 Å². The predicted octanol–water partition coefficient (Wildman–Crippen LogP) is 2.50. The number of ether oxygens (including phenoxy) is 1. The summed E-state index contributed by atoms with van der Waals surface area (Å²) in [7, 11) is 1.52. The summed E-state index contributed by atoms with van der Waals surface area (Å²) in [5.41, 5.74) is 6.09. The highest BCUT2D eigenvalue weighted by Gasteiger charge is 2.21. The van der Waals surface area contributed by atoms with E-state index in [1.54, 1.807) is 18.2 Å². The van der Waals surface area contributed by atoms with Crippen LogP contribution < -0.4 is 15.8 Å². The lowest BCUT2D eigenvalue weighted by Crippen LogP contribution is -2.46. The molecular weight excluding hydrogens is 328 g/mol. The van der Waals surface area contributed by atoms with Crippen molar-refractivity contribution in [2.75, 3.05) is 7.11 Å². The van der Waals surface area contributed by atoms with Crippen LogP contribution in [0.25, 0.3) is 0 Å². The minimum Gasteiger partial charge on any atom is -0.496 e. The van der Waals surface area contributed by atoms with E-state index >= 15 is 0 Å². The van der Waals surface area contributed by atoms with Gasteiger partial charge in [0.2, 0.25) is 0 Å². The molecule has 0 aliphatic heterocycles. The first-order valence-corrected chi connectivity index (χ1v) is 7.00. The SMILES string of the molecule is COc1cc(Br)ccc1C(=O)NC(C(N)=S)C(C)C. The molecule has 1 unspecified atom stereocenters. The lowest BCUT2D eigenvalue weighted by molar-refractivity contribution is 0.0937. The Kier molecular flexibility index (Phi) is 5.75. The van der Waals surface area contributed by atoms with Gasteiger partial charge >= 0.3 is 0 Å². The van der Waals surface area contributed by atoms with Gasteiger partial charge < -0.3 is 15.8 Å². The zero-order chi connectivity index (χ0) is 14.6. The van der Waals surface area contributed by atoms with Crippen LogP contribution in [-0.4, -0.2) is 24.0 Å². The Morgan fingerprint density at radius 1 is 1.47 bits per heavy atom. The molecule has 19 heavy (non-hydrogen) atoms. The maximum Gasteiger partial charge on any atom is 0.255 e. The maximum absolute atomic E-state index is 12.2. The monoisotopic (exact) mass is 344 g/mol. The van der Waals surface area contributed by atoms with Crippen molar-refractivity contribution in [2.45, 2.75) is 19.9 Å². The number of amides is 1. The number of carbonyl (C=O) groups is 1. The van der Waals surface area contributed by atoms with Crippen LogP contribution in [0.4, 0.5) is 0 Å². The number of carbonyl (C=O) groups excluding carboxylic acids is 1. The van der Waals surface area contributed by atoms with E-state index in [0.717, 1.165) is 4.47 Å². The van der Waals surface area contributed by atoms with Gasteiger partial charge in [0.1, 0.15) is 5.75 Å². The number of benzene rings is 1. The zero-order valence-corrected chi connectivity index (χ0v) is 13.5. The lowest BCUT2D eigenvalue weighted by atomic mass is 10.0. The highest BCUT2D eigenvalue weighted by molar-refractivity contribution is 9.10. The van der Waals surface area contributed by atoms with Crippen LogP contribution in [0.1, 0.15) is 24.2 Å². The molecule has 0 saturated heterocycles. The second-order valence-corrected chi connectivity index (χ2v) is 5.83. The van der Waals surface area contributed by atoms with Crippen LogP contribution >= 0.6 is 28.1 Å². The van der Waals surface area contributed by atoms with Crippen molar-refractivity contribution in [2.24, 2.45) is 11.7 Å². The summed E-state index contributed by atoms with van der Waals surface area (Å²) in [6.45, 7) is 3.89. The topological polar surface area (TPSA) is 64.3 Å². The number of hydrogen-bond donors (Lipinski definition) is 2. The second-order valence-electron chi connectivity index (χ2n) is 4.44. The predicted molar refractivity (Wildman–Crippen MR) is 83.6 cm³/mol. The van der Waals surface area contributed by atoms with Gasteiger partial charge in [0, 0.05) is 4.47 Å². The molecule has 0 aromatic heterocycles. The molecule has 0 saturated carbocycles. The second kappa shape index (κ2) is 6.86. The van der Waals surface area contributed by atoms with Crippen molar-refractivity contribution in [3.8, 4) is 5.75 Å². The number of nitrogens with one attached hydrogen (secondary N) is 1. The summed E-state index contributed by atoms with van der Waals surface area (Å²) < 4.78 is 6.04. The molecule has 0 spiro atoms. The summed E-state index contributed by atoms with van der Waals surface area (Å²) in [6.07, 6.45) is 0. The van der Waals surface area contributed by atoms with Crippen LogP contribution in [0.3, 0.4) is 0 Å². The van der Waals surface area contributed by atoms with E-state index in [9.17, 15) is 4.79 Å². The van der Waals surface area contributed by atoms with E-state index in [1.807, 2.05) is 13.8 Å². The highest BCUT2D eigenvalue weighted by Crippen LogP contribution is 2.23. The van der Waals surface area contributed by atoms with Gasteiger partial charge in [-0.2, -0.15) is 0 Å². The molecule has 0 aliphatic rings. The quantitative estimate of drug-likeness (QED) is 0.805. The Labute approximate surface area is 126 Å². The van der Waals surface area contributed by atoms with Gasteiger partial charge in [0.05, 0.1) is 23.7 Å². The van der Waals surface area contributed by atoms with Crippen LogP contribution in [0, 0.1) is 5.92 Å². The van der Waals surface area contributed by atoms with E-state index < -0.39 is 0 Å². The fourth-order valence-electron chi connectivity index (χ4n) is 1.64.